The SMILES string of the molecule is COc1cc(C(N)C(N)c2ccc(OC(F)F)c(OC)c2)ccc1OC(F)F. The molecule has 0 aliphatic carbocycles. The molecule has 2 aromatic carbocycles. The topological polar surface area (TPSA) is 89.0 Å². The summed E-state index contributed by atoms with van der Waals surface area (Å²) in [6.07, 6.45) is 0. The van der Waals surface area contributed by atoms with Gasteiger partial charge in [-0.2, -0.15) is 17.6 Å². The van der Waals surface area contributed by atoms with Crippen LogP contribution in [0.4, 0.5) is 17.6 Å². The monoisotopic (exact) mass is 404 g/mol. The van der Waals surface area contributed by atoms with Gasteiger partial charge in [-0.25, -0.2) is 0 Å². The molecule has 0 heterocycles. The quantitative estimate of drug-likeness (QED) is 0.621. The van der Waals surface area contributed by atoms with Crippen molar-refractivity contribution >= 4 is 0 Å². The molecule has 0 spiro atoms. The molecule has 0 amide bonds. The van der Waals surface area contributed by atoms with Crippen molar-refractivity contribution in [2.45, 2.75) is 25.3 Å². The molecule has 6 nitrogen and oxygen atoms in total. The molecule has 4 N–H and O–H groups in total. The molecule has 0 aliphatic rings. The van der Waals surface area contributed by atoms with Crippen LogP contribution < -0.4 is 30.4 Å². The number of ether oxygens (including phenoxy) is 4. The molecule has 0 radical (unpaired) electrons. The van der Waals surface area contributed by atoms with Gasteiger partial charge in [0, 0.05) is 12.1 Å². The highest BCUT2D eigenvalue weighted by molar-refractivity contribution is 5.47. The van der Waals surface area contributed by atoms with Crippen LogP contribution in [-0.2, 0) is 0 Å². The van der Waals surface area contributed by atoms with E-state index in [4.69, 9.17) is 20.9 Å². The number of nitrogens with two attached hydrogens (primary N) is 2. The Morgan fingerprint density at radius 2 is 1.00 bits per heavy atom. The van der Waals surface area contributed by atoms with Crippen molar-refractivity contribution in [3.63, 3.8) is 0 Å². The molecule has 28 heavy (non-hydrogen) atoms. The highest BCUT2D eigenvalue weighted by Crippen LogP contribution is 2.36. The third kappa shape index (κ3) is 5.17. The van der Waals surface area contributed by atoms with Gasteiger partial charge in [-0.15, -0.1) is 0 Å². The predicted octanol–water partition coefficient (Wildman–Crippen LogP) is 3.61. The lowest BCUT2D eigenvalue weighted by molar-refractivity contribution is -0.0518. The number of hydrogen-bond donors (Lipinski definition) is 2. The second-order valence-electron chi connectivity index (χ2n) is 5.63. The average molecular weight is 404 g/mol. The Bertz CT molecular complexity index is 727. The maximum atomic E-state index is 12.4. The molecule has 0 saturated heterocycles. The first-order chi connectivity index (χ1) is 13.3. The van der Waals surface area contributed by atoms with Gasteiger partial charge < -0.3 is 30.4 Å². The van der Waals surface area contributed by atoms with Gasteiger partial charge in [0.2, 0.25) is 0 Å². The average Bonchev–Trinajstić information content (AvgIpc) is 2.66. The van der Waals surface area contributed by atoms with Gasteiger partial charge in [0.05, 0.1) is 14.2 Å². The molecule has 2 atom stereocenters. The summed E-state index contributed by atoms with van der Waals surface area (Å²) in [6, 6.07) is 6.91. The van der Waals surface area contributed by atoms with E-state index < -0.39 is 25.3 Å². The number of hydrogen-bond acceptors (Lipinski definition) is 6. The highest BCUT2D eigenvalue weighted by Gasteiger charge is 2.22. The van der Waals surface area contributed by atoms with Crippen LogP contribution in [0.2, 0.25) is 0 Å². The number of alkyl halides is 4. The zero-order chi connectivity index (χ0) is 20.8. The van der Waals surface area contributed by atoms with E-state index in [0.717, 1.165) is 0 Å². The fourth-order valence-electron chi connectivity index (χ4n) is 2.58. The van der Waals surface area contributed by atoms with Crippen molar-refractivity contribution in [3.8, 4) is 23.0 Å². The summed E-state index contributed by atoms with van der Waals surface area (Å²) in [5, 5.41) is 0. The van der Waals surface area contributed by atoms with E-state index >= 15 is 0 Å². The minimum atomic E-state index is -3.00. The normalized spacial score (nSPS) is 13.4. The van der Waals surface area contributed by atoms with Crippen LogP contribution in [-0.4, -0.2) is 27.4 Å². The minimum absolute atomic E-state index is 0.0683. The molecular formula is C18H20F4N2O4. The molecule has 10 heteroatoms. The predicted molar refractivity (Wildman–Crippen MR) is 93.1 cm³/mol. The summed E-state index contributed by atoms with van der Waals surface area (Å²) in [7, 11) is 2.60. The summed E-state index contributed by atoms with van der Waals surface area (Å²) in [4.78, 5) is 0. The lowest BCUT2D eigenvalue weighted by atomic mass is 9.94. The molecule has 0 bridgehead atoms. The van der Waals surface area contributed by atoms with Crippen LogP contribution in [0, 0.1) is 0 Å². The Hall–Kier alpha value is -2.72. The van der Waals surface area contributed by atoms with Crippen molar-refractivity contribution in [2.75, 3.05) is 14.2 Å². The number of methoxy groups -OCH3 is 2. The van der Waals surface area contributed by atoms with Gasteiger partial charge >= 0.3 is 13.2 Å². The Morgan fingerprint density at radius 1 is 0.643 bits per heavy atom. The van der Waals surface area contributed by atoms with E-state index in [2.05, 4.69) is 9.47 Å². The van der Waals surface area contributed by atoms with Crippen LogP contribution >= 0.6 is 0 Å². The second kappa shape index (κ2) is 9.47. The van der Waals surface area contributed by atoms with Crippen molar-refractivity contribution in [3.05, 3.63) is 47.5 Å². The molecule has 0 aromatic heterocycles. The Kier molecular flexibility index (Phi) is 7.30. The van der Waals surface area contributed by atoms with Crippen molar-refractivity contribution in [1.29, 1.82) is 0 Å². The van der Waals surface area contributed by atoms with Crippen LogP contribution in [0.15, 0.2) is 36.4 Å². The second-order valence-corrected chi connectivity index (χ2v) is 5.63. The van der Waals surface area contributed by atoms with E-state index in [9.17, 15) is 17.6 Å². The zero-order valence-electron chi connectivity index (χ0n) is 15.1. The van der Waals surface area contributed by atoms with Gasteiger partial charge in [-0.1, -0.05) is 12.1 Å². The van der Waals surface area contributed by atoms with Gasteiger partial charge in [-0.05, 0) is 35.4 Å². The first-order valence-electron chi connectivity index (χ1n) is 8.03. The number of benzene rings is 2. The van der Waals surface area contributed by atoms with E-state index in [1.54, 1.807) is 0 Å². The molecule has 0 fully saturated rings. The van der Waals surface area contributed by atoms with Crippen molar-refractivity contribution < 1.29 is 36.5 Å². The molecular weight excluding hydrogens is 384 g/mol. The molecule has 2 rings (SSSR count). The van der Waals surface area contributed by atoms with E-state index in [-0.39, 0.29) is 23.0 Å². The van der Waals surface area contributed by atoms with E-state index in [1.165, 1.54) is 50.6 Å². The van der Waals surface area contributed by atoms with Crippen molar-refractivity contribution in [2.24, 2.45) is 11.5 Å². The zero-order valence-corrected chi connectivity index (χ0v) is 15.1. The fraction of sp³-hybridized carbons (Fsp3) is 0.333. The highest BCUT2D eigenvalue weighted by atomic mass is 19.3. The lowest BCUT2D eigenvalue weighted by Crippen LogP contribution is -2.26. The van der Waals surface area contributed by atoms with Crippen LogP contribution in [0.25, 0.3) is 0 Å². The van der Waals surface area contributed by atoms with Crippen LogP contribution in [0.3, 0.4) is 0 Å². The van der Waals surface area contributed by atoms with Gasteiger partial charge in [0.25, 0.3) is 0 Å². The molecule has 2 aromatic rings. The standard InChI is InChI=1S/C18H20F4N2O4/c1-25-13-7-9(3-5-11(13)27-17(19)20)15(23)16(24)10-4-6-12(28-18(21)22)14(8-10)26-2/h3-8,15-18H,23-24H2,1-2H3. The lowest BCUT2D eigenvalue weighted by Gasteiger charge is -2.23. The maximum Gasteiger partial charge on any atom is 0.387 e. The molecule has 2 unspecified atom stereocenters. The Labute approximate surface area is 158 Å². The number of rotatable bonds is 9. The van der Waals surface area contributed by atoms with Gasteiger partial charge in [0.1, 0.15) is 0 Å². The third-order valence-corrected chi connectivity index (χ3v) is 3.96. The summed E-state index contributed by atoms with van der Waals surface area (Å²) < 4.78 is 68.6. The summed E-state index contributed by atoms with van der Waals surface area (Å²) in [5.74, 6) is -0.146. The molecule has 0 aliphatic heterocycles. The first kappa shape index (κ1) is 21.6. The van der Waals surface area contributed by atoms with E-state index in [0.29, 0.717) is 11.1 Å². The Morgan fingerprint density at radius 3 is 1.29 bits per heavy atom. The smallest absolute Gasteiger partial charge is 0.387 e. The fourth-order valence-corrected chi connectivity index (χ4v) is 2.58. The maximum absolute atomic E-state index is 12.4. The van der Waals surface area contributed by atoms with Crippen LogP contribution in [0.1, 0.15) is 23.2 Å². The van der Waals surface area contributed by atoms with Gasteiger partial charge in [-0.3, -0.25) is 0 Å². The van der Waals surface area contributed by atoms with Gasteiger partial charge in [0.15, 0.2) is 23.0 Å². The minimum Gasteiger partial charge on any atom is -0.493 e. The summed E-state index contributed by atoms with van der Waals surface area (Å²) in [5.41, 5.74) is 13.4. The summed E-state index contributed by atoms with van der Waals surface area (Å²) in [6.45, 7) is -6.01. The van der Waals surface area contributed by atoms with Crippen LogP contribution in [0.5, 0.6) is 23.0 Å². The molecule has 0 saturated carbocycles. The number of halogens is 4. The van der Waals surface area contributed by atoms with E-state index in [1.807, 2.05) is 0 Å². The van der Waals surface area contributed by atoms with Crippen molar-refractivity contribution in [1.82, 2.24) is 0 Å². The summed E-state index contributed by atoms with van der Waals surface area (Å²) >= 11 is 0. The first-order valence-corrected chi connectivity index (χ1v) is 8.03. The Balaban J connectivity index is 2.27. The largest absolute Gasteiger partial charge is 0.493 e. The third-order valence-electron chi connectivity index (χ3n) is 3.96. The molecule has 154 valence electrons.